The Morgan fingerprint density at radius 2 is 1.64 bits per heavy atom. The lowest BCUT2D eigenvalue weighted by Gasteiger charge is -2.18. The van der Waals surface area contributed by atoms with Gasteiger partial charge in [0.25, 0.3) is 0 Å². The number of ether oxygens (including phenoxy) is 1. The van der Waals surface area contributed by atoms with Crippen LogP contribution in [0.25, 0.3) is 0 Å². The van der Waals surface area contributed by atoms with Gasteiger partial charge >= 0.3 is 12.5 Å². The number of aliphatic hydroxyl groups is 1. The highest BCUT2D eigenvalue weighted by Crippen LogP contribution is 2.31. The number of aliphatic hydroxyl groups excluding tert-OH is 1. The molecule has 2 aromatic carbocycles. The van der Waals surface area contributed by atoms with E-state index in [1.54, 1.807) is 0 Å². The maximum atomic E-state index is 13.0. The van der Waals surface area contributed by atoms with Crippen LogP contribution >= 0.6 is 31.9 Å². The molecule has 2 nitrogen and oxygen atoms in total. The molecule has 136 valence electrons. The number of benzene rings is 2. The first kappa shape index (κ1) is 20.2. The molecule has 0 saturated heterocycles. The lowest BCUT2D eigenvalue weighted by atomic mass is 10.0. The third kappa shape index (κ3) is 5.43. The molecule has 0 heterocycles. The number of alkyl halides is 4. The molecule has 0 radical (unpaired) electrons. The minimum atomic E-state index is -4.58. The first-order chi connectivity index (χ1) is 11.7. The summed E-state index contributed by atoms with van der Waals surface area (Å²) in [6.45, 7) is 0. The largest absolute Gasteiger partial charge is 0.461 e. The van der Waals surface area contributed by atoms with Gasteiger partial charge in [-0.3, -0.25) is 0 Å². The molecule has 0 fully saturated rings. The van der Waals surface area contributed by atoms with Crippen molar-refractivity contribution in [3.8, 4) is 5.75 Å². The van der Waals surface area contributed by atoms with Crippen LogP contribution in [0, 0.1) is 0 Å². The van der Waals surface area contributed by atoms with E-state index in [-0.39, 0.29) is 0 Å². The summed E-state index contributed by atoms with van der Waals surface area (Å²) in [5.41, 5.74) is 1.27. The molecule has 0 aromatic heterocycles. The molecule has 2 rings (SSSR count). The van der Waals surface area contributed by atoms with Crippen molar-refractivity contribution in [2.45, 2.75) is 31.5 Å². The van der Waals surface area contributed by atoms with Gasteiger partial charge in [-0.05, 0) is 48.2 Å². The van der Waals surface area contributed by atoms with Crippen molar-refractivity contribution in [2.24, 2.45) is 0 Å². The standard InChI is InChI=1S/C17H14Br2F4O2/c18-13-5-2-6-14(19)12(13)7-8-15(24)10-3-1-4-11(9-10)25-17(22,23)16(20)21/h1-6,9,15-16,24H,7-8H2/t15-/m0/s1. The third-order valence-corrected chi connectivity index (χ3v) is 4.97. The molecule has 1 atom stereocenters. The summed E-state index contributed by atoms with van der Waals surface area (Å²) < 4.78 is 56.2. The summed E-state index contributed by atoms with van der Waals surface area (Å²) in [5, 5.41) is 10.3. The van der Waals surface area contributed by atoms with Gasteiger partial charge < -0.3 is 9.84 Å². The van der Waals surface area contributed by atoms with Crippen LogP contribution < -0.4 is 4.74 Å². The number of hydrogen-bond donors (Lipinski definition) is 1. The molecule has 2 aromatic rings. The summed E-state index contributed by atoms with van der Waals surface area (Å²) in [5.74, 6) is -0.427. The second-order valence-electron chi connectivity index (χ2n) is 5.29. The first-order valence-electron chi connectivity index (χ1n) is 7.26. The van der Waals surface area contributed by atoms with E-state index in [0.29, 0.717) is 18.4 Å². The Balaban J connectivity index is 2.07. The van der Waals surface area contributed by atoms with Crippen molar-refractivity contribution < 1.29 is 27.4 Å². The van der Waals surface area contributed by atoms with Gasteiger partial charge in [0, 0.05) is 8.95 Å². The van der Waals surface area contributed by atoms with E-state index in [1.807, 2.05) is 18.2 Å². The second-order valence-corrected chi connectivity index (χ2v) is 7.00. The molecule has 0 aliphatic heterocycles. The van der Waals surface area contributed by atoms with E-state index in [2.05, 4.69) is 36.6 Å². The topological polar surface area (TPSA) is 29.5 Å². The fourth-order valence-electron chi connectivity index (χ4n) is 2.21. The molecular formula is C17H14Br2F4O2. The Labute approximate surface area is 159 Å². The summed E-state index contributed by atoms with van der Waals surface area (Å²) in [7, 11) is 0. The highest BCUT2D eigenvalue weighted by atomic mass is 79.9. The number of halogens is 6. The summed E-state index contributed by atoms with van der Waals surface area (Å²) in [4.78, 5) is 0. The van der Waals surface area contributed by atoms with Crippen molar-refractivity contribution in [2.75, 3.05) is 0 Å². The lowest BCUT2D eigenvalue weighted by Crippen LogP contribution is -2.33. The smallest absolute Gasteiger partial charge is 0.428 e. The van der Waals surface area contributed by atoms with Gasteiger partial charge in [-0.1, -0.05) is 50.1 Å². The molecule has 0 aliphatic carbocycles. The average Bonchev–Trinajstić information content (AvgIpc) is 2.54. The van der Waals surface area contributed by atoms with Crippen molar-refractivity contribution in [3.05, 3.63) is 62.5 Å². The van der Waals surface area contributed by atoms with Crippen molar-refractivity contribution >= 4 is 31.9 Å². The quantitative estimate of drug-likeness (QED) is 0.479. The lowest BCUT2D eigenvalue weighted by molar-refractivity contribution is -0.253. The second kappa shape index (κ2) is 8.51. The van der Waals surface area contributed by atoms with E-state index < -0.39 is 24.4 Å². The van der Waals surface area contributed by atoms with Crippen LogP contribution in [0.15, 0.2) is 51.4 Å². The Morgan fingerprint density at radius 3 is 2.24 bits per heavy atom. The van der Waals surface area contributed by atoms with E-state index in [9.17, 15) is 22.7 Å². The van der Waals surface area contributed by atoms with Crippen molar-refractivity contribution in [1.82, 2.24) is 0 Å². The summed E-state index contributed by atoms with van der Waals surface area (Å²) >= 11 is 6.85. The SMILES string of the molecule is O[C@@H](CCc1c(Br)cccc1Br)c1cccc(OC(F)(F)C(F)F)c1. The van der Waals surface area contributed by atoms with Gasteiger partial charge in [0.05, 0.1) is 6.10 Å². The fraction of sp³-hybridized carbons (Fsp3) is 0.294. The molecule has 0 saturated carbocycles. The molecule has 0 bridgehead atoms. The van der Waals surface area contributed by atoms with Crippen LogP contribution in [0.4, 0.5) is 17.6 Å². The van der Waals surface area contributed by atoms with Gasteiger partial charge in [-0.25, -0.2) is 0 Å². The molecule has 0 amide bonds. The summed E-state index contributed by atoms with van der Waals surface area (Å²) in [6.07, 6.45) is -8.64. The normalized spacial score (nSPS) is 13.1. The molecule has 25 heavy (non-hydrogen) atoms. The number of hydrogen-bond acceptors (Lipinski definition) is 2. The molecule has 0 unspecified atom stereocenters. The van der Waals surface area contributed by atoms with Gasteiger partial charge in [0.15, 0.2) is 0 Å². The zero-order valence-electron chi connectivity index (χ0n) is 12.7. The third-order valence-electron chi connectivity index (χ3n) is 3.48. The first-order valence-corrected chi connectivity index (χ1v) is 8.85. The molecule has 8 heteroatoms. The maximum Gasteiger partial charge on any atom is 0.461 e. The molecule has 0 aliphatic rings. The van der Waals surface area contributed by atoms with E-state index >= 15 is 0 Å². The zero-order valence-corrected chi connectivity index (χ0v) is 15.9. The Hall–Kier alpha value is -1.12. The highest BCUT2D eigenvalue weighted by molar-refractivity contribution is 9.11. The van der Waals surface area contributed by atoms with E-state index in [0.717, 1.165) is 26.6 Å². The van der Waals surface area contributed by atoms with Gasteiger partial charge in [0.2, 0.25) is 0 Å². The van der Waals surface area contributed by atoms with E-state index in [4.69, 9.17) is 0 Å². The predicted octanol–water partition coefficient (Wildman–Crippen LogP) is 6.11. The molecular weight excluding hydrogens is 472 g/mol. The number of rotatable bonds is 7. The molecule has 0 spiro atoms. The van der Waals surface area contributed by atoms with Crippen LogP contribution in [-0.4, -0.2) is 17.6 Å². The maximum absolute atomic E-state index is 13.0. The predicted molar refractivity (Wildman–Crippen MR) is 93.1 cm³/mol. The fourth-order valence-corrected chi connectivity index (χ4v) is 3.60. The Kier molecular flexibility index (Phi) is 6.87. The van der Waals surface area contributed by atoms with Crippen molar-refractivity contribution in [1.29, 1.82) is 0 Å². The van der Waals surface area contributed by atoms with Crippen LogP contribution in [0.2, 0.25) is 0 Å². The van der Waals surface area contributed by atoms with Crippen molar-refractivity contribution in [3.63, 3.8) is 0 Å². The average molecular weight is 486 g/mol. The van der Waals surface area contributed by atoms with Gasteiger partial charge in [-0.15, -0.1) is 0 Å². The zero-order chi connectivity index (χ0) is 18.6. The van der Waals surface area contributed by atoms with Gasteiger partial charge in [0.1, 0.15) is 5.75 Å². The summed E-state index contributed by atoms with van der Waals surface area (Å²) in [6, 6.07) is 10.8. The van der Waals surface area contributed by atoms with Gasteiger partial charge in [-0.2, -0.15) is 17.6 Å². The molecule has 1 N–H and O–H groups in total. The Morgan fingerprint density at radius 1 is 1.04 bits per heavy atom. The monoisotopic (exact) mass is 484 g/mol. The van der Waals surface area contributed by atoms with E-state index in [1.165, 1.54) is 12.1 Å². The minimum absolute atomic E-state index is 0.311. The van der Waals surface area contributed by atoms with Crippen LogP contribution in [0.1, 0.15) is 23.7 Å². The Bertz CT molecular complexity index is 705. The van der Waals surface area contributed by atoms with Crippen LogP contribution in [0.5, 0.6) is 5.75 Å². The van der Waals surface area contributed by atoms with Crippen LogP contribution in [0.3, 0.4) is 0 Å². The highest BCUT2D eigenvalue weighted by Gasteiger charge is 2.44. The van der Waals surface area contributed by atoms with Crippen LogP contribution in [-0.2, 0) is 6.42 Å². The minimum Gasteiger partial charge on any atom is -0.428 e.